The summed E-state index contributed by atoms with van der Waals surface area (Å²) in [7, 11) is 0. The first kappa shape index (κ1) is 18.9. The fourth-order valence-electron chi connectivity index (χ4n) is 2.29. The van der Waals surface area contributed by atoms with Crippen molar-refractivity contribution in [3.05, 3.63) is 66.0 Å². The van der Waals surface area contributed by atoms with Crippen LogP contribution in [0.4, 0.5) is 5.69 Å². The van der Waals surface area contributed by atoms with Gasteiger partial charge in [-0.3, -0.25) is 14.6 Å². The lowest BCUT2D eigenvalue weighted by atomic mass is 10.2. The van der Waals surface area contributed by atoms with Crippen molar-refractivity contribution >= 4 is 23.6 Å². The SMILES string of the molecule is CC(=O)Nc1ccc(/C=C/C(=O)N(CCC#N)Cc2ccccn2)cc1. The Bertz CT molecular complexity index is 808. The number of nitrogens with zero attached hydrogens (tertiary/aromatic N) is 3. The summed E-state index contributed by atoms with van der Waals surface area (Å²) in [6, 6.07) is 14.8. The van der Waals surface area contributed by atoms with E-state index >= 15 is 0 Å². The molecule has 0 saturated heterocycles. The lowest BCUT2D eigenvalue weighted by Crippen LogP contribution is -2.30. The van der Waals surface area contributed by atoms with Gasteiger partial charge in [-0.25, -0.2) is 0 Å². The first-order valence-electron chi connectivity index (χ1n) is 8.20. The van der Waals surface area contributed by atoms with Crippen molar-refractivity contribution in [2.75, 3.05) is 11.9 Å². The quantitative estimate of drug-likeness (QED) is 0.779. The Balaban J connectivity index is 2.04. The zero-order valence-electron chi connectivity index (χ0n) is 14.6. The van der Waals surface area contributed by atoms with Crippen LogP contribution in [0.25, 0.3) is 6.08 Å². The van der Waals surface area contributed by atoms with Gasteiger partial charge in [-0.2, -0.15) is 5.26 Å². The molecule has 6 heteroatoms. The molecule has 6 nitrogen and oxygen atoms in total. The number of anilines is 1. The second-order valence-electron chi connectivity index (χ2n) is 5.63. The zero-order chi connectivity index (χ0) is 18.8. The largest absolute Gasteiger partial charge is 0.332 e. The van der Waals surface area contributed by atoms with Crippen molar-refractivity contribution in [1.29, 1.82) is 5.26 Å². The van der Waals surface area contributed by atoms with Gasteiger partial charge in [0.25, 0.3) is 0 Å². The molecule has 0 bridgehead atoms. The number of carbonyl (C=O) groups excluding carboxylic acids is 2. The number of nitrogens with one attached hydrogen (secondary N) is 1. The van der Waals surface area contributed by atoms with E-state index in [2.05, 4.69) is 16.4 Å². The highest BCUT2D eigenvalue weighted by Crippen LogP contribution is 2.11. The van der Waals surface area contributed by atoms with Crippen LogP contribution >= 0.6 is 0 Å². The van der Waals surface area contributed by atoms with Gasteiger partial charge in [-0.15, -0.1) is 0 Å². The predicted octanol–water partition coefficient (Wildman–Crippen LogP) is 3.00. The van der Waals surface area contributed by atoms with Gasteiger partial charge in [0.15, 0.2) is 0 Å². The van der Waals surface area contributed by atoms with E-state index in [-0.39, 0.29) is 18.2 Å². The van der Waals surface area contributed by atoms with Gasteiger partial charge in [0.2, 0.25) is 11.8 Å². The van der Waals surface area contributed by atoms with Crippen LogP contribution < -0.4 is 5.32 Å². The van der Waals surface area contributed by atoms with Crippen molar-refractivity contribution < 1.29 is 9.59 Å². The van der Waals surface area contributed by atoms with Gasteiger partial charge in [-0.1, -0.05) is 18.2 Å². The van der Waals surface area contributed by atoms with Crippen molar-refractivity contribution in [2.24, 2.45) is 0 Å². The maximum Gasteiger partial charge on any atom is 0.246 e. The Morgan fingerprint density at radius 1 is 1.23 bits per heavy atom. The molecule has 0 fully saturated rings. The lowest BCUT2D eigenvalue weighted by Gasteiger charge is -2.19. The van der Waals surface area contributed by atoms with Crippen LogP contribution in [0.3, 0.4) is 0 Å². The molecule has 2 amide bonds. The third kappa shape index (κ3) is 6.21. The number of benzene rings is 1. The van der Waals surface area contributed by atoms with Gasteiger partial charge in [-0.05, 0) is 35.9 Å². The number of aromatic nitrogens is 1. The maximum atomic E-state index is 12.5. The summed E-state index contributed by atoms with van der Waals surface area (Å²) in [4.78, 5) is 29.3. The molecule has 0 unspecified atom stereocenters. The van der Waals surface area contributed by atoms with Crippen LogP contribution in [0.1, 0.15) is 24.6 Å². The summed E-state index contributed by atoms with van der Waals surface area (Å²) in [5.74, 6) is -0.317. The number of nitriles is 1. The summed E-state index contributed by atoms with van der Waals surface area (Å²) in [5, 5.41) is 11.5. The van der Waals surface area contributed by atoms with Gasteiger partial charge in [0.1, 0.15) is 0 Å². The first-order valence-corrected chi connectivity index (χ1v) is 8.20. The van der Waals surface area contributed by atoms with E-state index in [9.17, 15) is 9.59 Å². The summed E-state index contributed by atoms with van der Waals surface area (Å²) in [6.45, 7) is 2.15. The standard InChI is InChI=1S/C20H20N4O2/c1-16(25)23-18-9-6-17(7-10-18)8-11-20(26)24(14-4-12-21)15-19-5-2-3-13-22-19/h2-3,5-11,13H,4,14-15H2,1H3,(H,23,25)/b11-8+. The Kier molecular flexibility index (Phi) is 7.07. The number of amides is 2. The third-order valence-electron chi connectivity index (χ3n) is 3.53. The highest BCUT2D eigenvalue weighted by molar-refractivity contribution is 5.92. The molecule has 0 saturated carbocycles. The second kappa shape index (κ2) is 9.74. The maximum absolute atomic E-state index is 12.5. The average molecular weight is 348 g/mol. The third-order valence-corrected chi connectivity index (χ3v) is 3.53. The van der Waals surface area contributed by atoms with E-state index in [0.717, 1.165) is 11.3 Å². The molecule has 1 heterocycles. The van der Waals surface area contributed by atoms with Crippen molar-refractivity contribution in [1.82, 2.24) is 9.88 Å². The van der Waals surface area contributed by atoms with Gasteiger partial charge in [0, 0.05) is 31.4 Å². The molecule has 0 radical (unpaired) electrons. The van der Waals surface area contributed by atoms with Crippen LogP contribution in [0.2, 0.25) is 0 Å². The molecule has 2 rings (SSSR count). The molecule has 1 aromatic carbocycles. The summed E-state index contributed by atoms with van der Waals surface area (Å²) in [6.07, 6.45) is 5.12. The minimum Gasteiger partial charge on any atom is -0.332 e. The van der Waals surface area contributed by atoms with Crippen LogP contribution in [0.15, 0.2) is 54.7 Å². The Morgan fingerprint density at radius 3 is 2.62 bits per heavy atom. The fraction of sp³-hybridized carbons (Fsp3) is 0.200. The number of carbonyl (C=O) groups is 2. The summed E-state index contributed by atoms with van der Waals surface area (Å²) < 4.78 is 0. The molecule has 0 spiro atoms. The molecule has 26 heavy (non-hydrogen) atoms. The lowest BCUT2D eigenvalue weighted by molar-refractivity contribution is -0.126. The number of hydrogen-bond donors (Lipinski definition) is 1. The minimum atomic E-state index is -0.183. The Morgan fingerprint density at radius 2 is 2.00 bits per heavy atom. The summed E-state index contributed by atoms with van der Waals surface area (Å²) in [5.41, 5.74) is 2.31. The second-order valence-corrected chi connectivity index (χ2v) is 5.63. The van der Waals surface area contributed by atoms with Crippen LogP contribution in [0.5, 0.6) is 0 Å². The predicted molar refractivity (Wildman–Crippen MR) is 99.7 cm³/mol. The van der Waals surface area contributed by atoms with Crippen molar-refractivity contribution in [3.63, 3.8) is 0 Å². The topological polar surface area (TPSA) is 86.1 Å². The van der Waals surface area contributed by atoms with E-state index in [1.807, 2.05) is 30.3 Å². The molecule has 0 aliphatic heterocycles. The molecule has 0 aliphatic rings. The zero-order valence-corrected chi connectivity index (χ0v) is 14.6. The Labute approximate surface area is 152 Å². The average Bonchev–Trinajstić information content (AvgIpc) is 2.64. The highest BCUT2D eigenvalue weighted by Gasteiger charge is 2.11. The molecule has 0 atom stereocenters. The normalized spacial score (nSPS) is 10.3. The Hall–Kier alpha value is -3.46. The van der Waals surface area contributed by atoms with E-state index in [1.54, 1.807) is 29.3 Å². The molecule has 1 aromatic heterocycles. The van der Waals surface area contributed by atoms with Gasteiger partial charge < -0.3 is 10.2 Å². The smallest absolute Gasteiger partial charge is 0.246 e. The number of pyridine rings is 1. The van der Waals surface area contributed by atoms with Crippen LogP contribution in [-0.4, -0.2) is 28.2 Å². The molecule has 2 aromatic rings. The first-order chi connectivity index (χ1) is 12.6. The van der Waals surface area contributed by atoms with E-state index in [1.165, 1.54) is 13.0 Å². The molecule has 1 N–H and O–H groups in total. The van der Waals surface area contributed by atoms with E-state index in [0.29, 0.717) is 18.8 Å². The van der Waals surface area contributed by atoms with Crippen molar-refractivity contribution in [2.45, 2.75) is 19.9 Å². The monoisotopic (exact) mass is 348 g/mol. The molecular formula is C20H20N4O2. The van der Waals surface area contributed by atoms with Gasteiger partial charge in [0.05, 0.1) is 24.7 Å². The van der Waals surface area contributed by atoms with E-state index < -0.39 is 0 Å². The summed E-state index contributed by atoms with van der Waals surface area (Å²) >= 11 is 0. The fourth-order valence-corrected chi connectivity index (χ4v) is 2.29. The van der Waals surface area contributed by atoms with E-state index in [4.69, 9.17) is 5.26 Å². The minimum absolute atomic E-state index is 0.133. The van der Waals surface area contributed by atoms with Crippen LogP contribution in [0, 0.1) is 11.3 Å². The molecule has 0 aliphatic carbocycles. The number of rotatable bonds is 7. The number of hydrogen-bond acceptors (Lipinski definition) is 4. The molecule has 132 valence electrons. The van der Waals surface area contributed by atoms with Gasteiger partial charge >= 0.3 is 0 Å². The van der Waals surface area contributed by atoms with Crippen LogP contribution in [-0.2, 0) is 16.1 Å². The molecular weight excluding hydrogens is 328 g/mol. The van der Waals surface area contributed by atoms with Crippen molar-refractivity contribution in [3.8, 4) is 6.07 Å². The highest BCUT2D eigenvalue weighted by atomic mass is 16.2.